The van der Waals surface area contributed by atoms with Crippen LogP contribution in [0.2, 0.25) is 0 Å². The molecule has 0 N–H and O–H groups in total. The van der Waals surface area contributed by atoms with E-state index in [9.17, 15) is 9.59 Å². The van der Waals surface area contributed by atoms with Crippen molar-refractivity contribution < 1.29 is 19.1 Å². The minimum atomic E-state index is -0.673. The number of hydrogen-bond donors (Lipinski definition) is 0. The van der Waals surface area contributed by atoms with Gasteiger partial charge in [-0.2, -0.15) is 0 Å². The molecule has 0 aliphatic heterocycles. The molecule has 0 aliphatic rings. The molecular formula is C9H11BrN2O4. The van der Waals surface area contributed by atoms with Gasteiger partial charge in [0.15, 0.2) is 16.1 Å². The summed E-state index contributed by atoms with van der Waals surface area (Å²) in [7, 11) is 2.46. The maximum Gasteiger partial charge on any atom is 0.359 e. The van der Waals surface area contributed by atoms with E-state index in [4.69, 9.17) is 0 Å². The fourth-order valence-electron chi connectivity index (χ4n) is 1.26. The number of carbonyl (C=O) groups is 2. The van der Waals surface area contributed by atoms with E-state index in [1.165, 1.54) is 18.8 Å². The lowest BCUT2D eigenvalue weighted by atomic mass is 10.3. The molecule has 16 heavy (non-hydrogen) atoms. The average Bonchev–Trinajstić information content (AvgIpc) is 2.63. The number of ether oxygens (including phenoxy) is 2. The first-order valence-electron chi connectivity index (χ1n) is 4.49. The predicted molar refractivity (Wildman–Crippen MR) is 58.3 cm³/mol. The zero-order chi connectivity index (χ0) is 12.3. The third-order valence-electron chi connectivity index (χ3n) is 1.99. The van der Waals surface area contributed by atoms with Crippen LogP contribution < -0.4 is 0 Å². The molecule has 0 saturated heterocycles. The van der Waals surface area contributed by atoms with Crippen LogP contribution in [0.1, 0.15) is 27.9 Å². The third-order valence-corrected chi connectivity index (χ3v) is 2.60. The number of methoxy groups -OCH3 is 2. The number of rotatable bonds is 3. The summed E-state index contributed by atoms with van der Waals surface area (Å²) in [5.41, 5.74) is 0.0341. The second-order valence-corrected chi connectivity index (χ2v) is 3.51. The highest BCUT2D eigenvalue weighted by molar-refractivity contribution is 9.10. The van der Waals surface area contributed by atoms with Crippen LogP contribution in [-0.2, 0) is 16.0 Å². The zero-order valence-electron chi connectivity index (χ0n) is 9.11. The van der Waals surface area contributed by atoms with Crippen LogP contribution in [0.25, 0.3) is 0 Å². The molecule has 0 atom stereocenters. The second kappa shape index (κ2) is 5.11. The van der Waals surface area contributed by atoms with E-state index in [1.807, 2.05) is 6.92 Å². The van der Waals surface area contributed by atoms with Crippen molar-refractivity contribution in [3.63, 3.8) is 0 Å². The summed E-state index contributed by atoms with van der Waals surface area (Å²) < 4.78 is 11.1. The fourth-order valence-corrected chi connectivity index (χ4v) is 1.86. The number of esters is 2. The largest absolute Gasteiger partial charge is 0.464 e. The van der Waals surface area contributed by atoms with Crippen LogP contribution >= 0.6 is 15.9 Å². The van der Waals surface area contributed by atoms with Crippen molar-refractivity contribution in [1.82, 2.24) is 9.55 Å². The quantitative estimate of drug-likeness (QED) is 0.784. The van der Waals surface area contributed by atoms with Crippen molar-refractivity contribution in [2.45, 2.75) is 13.5 Å². The molecule has 0 saturated carbocycles. The maximum absolute atomic E-state index is 11.5. The predicted octanol–water partition coefficient (Wildman–Crippen LogP) is 1.24. The van der Waals surface area contributed by atoms with Gasteiger partial charge in [0.1, 0.15) is 0 Å². The third kappa shape index (κ3) is 2.08. The van der Waals surface area contributed by atoms with Gasteiger partial charge in [0.05, 0.1) is 14.2 Å². The molecule has 0 aromatic carbocycles. The van der Waals surface area contributed by atoms with Crippen molar-refractivity contribution in [2.24, 2.45) is 0 Å². The van der Waals surface area contributed by atoms with Gasteiger partial charge < -0.3 is 14.0 Å². The Bertz CT molecular complexity index is 427. The molecule has 0 unspecified atom stereocenters. The monoisotopic (exact) mass is 290 g/mol. The van der Waals surface area contributed by atoms with Gasteiger partial charge in [-0.15, -0.1) is 0 Å². The van der Waals surface area contributed by atoms with E-state index in [1.54, 1.807) is 0 Å². The van der Waals surface area contributed by atoms with Gasteiger partial charge in [0.2, 0.25) is 0 Å². The van der Waals surface area contributed by atoms with Crippen LogP contribution in [0.5, 0.6) is 0 Å². The molecule has 0 spiro atoms. The first-order chi connectivity index (χ1) is 7.56. The SMILES string of the molecule is CCn1c(Br)nc(C(=O)OC)c1C(=O)OC. The Labute approximate surface area is 101 Å². The topological polar surface area (TPSA) is 70.4 Å². The summed E-state index contributed by atoms with van der Waals surface area (Å²) >= 11 is 3.16. The summed E-state index contributed by atoms with van der Waals surface area (Å²) in [4.78, 5) is 26.9. The van der Waals surface area contributed by atoms with Gasteiger partial charge in [-0.1, -0.05) is 0 Å². The summed E-state index contributed by atoms with van der Waals surface area (Å²) in [5.74, 6) is -1.30. The lowest BCUT2D eigenvalue weighted by Crippen LogP contribution is -2.15. The molecule has 1 aromatic rings. The molecule has 1 aromatic heterocycles. The molecular weight excluding hydrogens is 280 g/mol. The first kappa shape index (κ1) is 12.7. The molecule has 7 heteroatoms. The van der Waals surface area contributed by atoms with Gasteiger partial charge in [-0.25, -0.2) is 14.6 Å². The van der Waals surface area contributed by atoms with E-state index in [-0.39, 0.29) is 11.4 Å². The summed E-state index contributed by atoms with van der Waals surface area (Å²) in [6.45, 7) is 2.30. The van der Waals surface area contributed by atoms with Crippen LogP contribution in [0, 0.1) is 0 Å². The molecule has 1 rings (SSSR count). The van der Waals surface area contributed by atoms with Crippen LogP contribution in [-0.4, -0.2) is 35.7 Å². The Balaban J connectivity index is 3.38. The minimum absolute atomic E-state index is 0.0527. The van der Waals surface area contributed by atoms with E-state index < -0.39 is 11.9 Å². The van der Waals surface area contributed by atoms with Gasteiger partial charge in [0.25, 0.3) is 0 Å². The molecule has 1 heterocycles. The van der Waals surface area contributed by atoms with Gasteiger partial charge in [-0.05, 0) is 22.9 Å². The summed E-state index contributed by atoms with van der Waals surface area (Å²) in [6, 6.07) is 0. The van der Waals surface area contributed by atoms with E-state index >= 15 is 0 Å². The number of halogens is 1. The summed E-state index contributed by atoms with van der Waals surface area (Å²) in [5, 5.41) is 0. The Morgan fingerprint density at radius 2 is 1.88 bits per heavy atom. The van der Waals surface area contributed by atoms with Crippen LogP contribution in [0.3, 0.4) is 0 Å². The lowest BCUT2D eigenvalue weighted by Gasteiger charge is -2.05. The Morgan fingerprint density at radius 1 is 1.31 bits per heavy atom. The highest BCUT2D eigenvalue weighted by Crippen LogP contribution is 2.18. The molecule has 6 nitrogen and oxygen atoms in total. The van der Waals surface area contributed by atoms with Crippen molar-refractivity contribution >= 4 is 27.9 Å². The van der Waals surface area contributed by atoms with Crippen molar-refractivity contribution in [3.8, 4) is 0 Å². The van der Waals surface area contributed by atoms with E-state index in [2.05, 4.69) is 30.4 Å². The van der Waals surface area contributed by atoms with Gasteiger partial charge in [-0.3, -0.25) is 0 Å². The van der Waals surface area contributed by atoms with Crippen LogP contribution in [0.15, 0.2) is 4.73 Å². The Kier molecular flexibility index (Phi) is 4.05. The smallest absolute Gasteiger partial charge is 0.359 e. The highest BCUT2D eigenvalue weighted by atomic mass is 79.9. The van der Waals surface area contributed by atoms with Crippen molar-refractivity contribution in [3.05, 3.63) is 16.1 Å². The number of imidazole rings is 1. The maximum atomic E-state index is 11.5. The first-order valence-corrected chi connectivity index (χ1v) is 5.28. The van der Waals surface area contributed by atoms with Crippen molar-refractivity contribution in [2.75, 3.05) is 14.2 Å². The summed E-state index contributed by atoms with van der Waals surface area (Å²) in [6.07, 6.45) is 0. The molecule has 0 fully saturated rings. The van der Waals surface area contributed by atoms with E-state index in [0.717, 1.165) is 0 Å². The van der Waals surface area contributed by atoms with Crippen molar-refractivity contribution in [1.29, 1.82) is 0 Å². The van der Waals surface area contributed by atoms with Gasteiger partial charge >= 0.3 is 11.9 Å². The molecule has 0 amide bonds. The Hall–Kier alpha value is -1.37. The molecule has 88 valence electrons. The zero-order valence-corrected chi connectivity index (χ0v) is 10.7. The fraction of sp³-hybridized carbons (Fsp3) is 0.444. The lowest BCUT2D eigenvalue weighted by molar-refractivity contribution is 0.0543. The standard InChI is InChI=1S/C9H11BrN2O4/c1-4-12-6(8(14)16-3)5(7(13)15-2)11-9(12)10/h4H2,1-3H3. The number of carbonyl (C=O) groups excluding carboxylic acids is 2. The second-order valence-electron chi connectivity index (χ2n) is 2.81. The highest BCUT2D eigenvalue weighted by Gasteiger charge is 2.27. The number of nitrogens with zero attached hydrogens (tertiary/aromatic N) is 2. The molecule has 0 radical (unpaired) electrons. The van der Waals surface area contributed by atoms with E-state index in [0.29, 0.717) is 11.3 Å². The minimum Gasteiger partial charge on any atom is -0.464 e. The van der Waals surface area contributed by atoms with Gasteiger partial charge in [0, 0.05) is 6.54 Å². The number of hydrogen-bond acceptors (Lipinski definition) is 5. The normalized spacial score (nSPS) is 10.0. The average molecular weight is 291 g/mol. The molecule has 0 bridgehead atoms. The molecule has 0 aliphatic carbocycles. The number of aromatic nitrogens is 2. The Morgan fingerprint density at radius 3 is 2.31 bits per heavy atom. The van der Waals surface area contributed by atoms with Crippen LogP contribution in [0.4, 0.5) is 0 Å².